The molecule has 3 nitrogen and oxygen atoms in total. The molecule has 0 aromatic carbocycles. The van der Waals surface area contributed by atoms with Gasteiger partial charge in [0.1, 0.15) is 0 Å². The Hall–Kier alpha value is -0.120. The second kappa shape index (κ2) is 12.3. The molecule has 0 amide bonds. The SMILES string of the molecule is CC(C)CNCCCCOCCOCC(C)C. The van der Waals surface area contributed by atoms with Crippen LogP contribution >= 0.6 is 0 Å². The van der Waals surface area contributed by atoms with Crippen molar-refractivity contribution in [3.05, 3.63) is 0 Å². The molecular weight excluding hydrogens is 214 g/mol. The minimum absolute atomic E-state index is 0.613. The van der Waals surface area contributed by atoms with Gasteiger partial charge >= 0.3 is 0 Å². The minimum Gasteiger partial charge on any atom is -0.379 e. The van der Waals surface area contributed by atoms with Crippen LogP contribution < -0.4 is 5.32 Å². The van der Waals surface area contributed by atoms with Gasteiger partial charge in [0.25, 0.3) is 0 Å². The Morgan fingerprint density at radius 1 is 0.824 bits per heavy atom. The Morgan fingerprint density at radius 3 is 2.18 bits per heavy atom. The van der Waals surface area contributed by atoms with E-state index in [-0.39, 0.29) is 0 Å². The molecule has 1 N–H and O–H groups in total. The predicted octanol–water partition coefficient (Wildman–Crippen LogP) is 2.70. The molecule has 0 aromatic rings. The molecule has 3 heteroatoms. The van der Waals surface area contributed by atoms with Crippen LogP contribution in [0.3, 0.4) is 0 Å². The van der Waals surface area contributed by atoms with Crippen LogP contribution in [0.15, 0.2) is 0 Å². The number of rotatable bonds is 12. The van der Waals surface area contributed by atoms with E-state index in [4.69, 9.17) is 9.47 Å². The van der Waals surface area contributed by atoms with Crippen molar-refractivity contribution in [3.8, 4) is 0 Å². The summed E-state index contributed by atoms with van der Waals surface area (Å²) in [6.45, 7) is 14.1. The molecule has 104 valence electrons. The third-order valence-electron chi connectivity index (χ3n) is 2.27. The van der Waals surface area contributed by atoms with Crippen molar-refractivity contribution in [1.82, 2.24) is 5.32 Å². The molecule has 0 unspecified atom stereocenters. The van der Waals surface area contributed by atoms with Crippen LogP contribution in [0, 0.1) is 11.8 Å². The van der Waals surface area contributed by atoms with Crippen LogP contribution in [0.1, 0.15) is 40.5 Å². The molecule has 0 heterocycles. The van der Waals surface area contributed by atoms with Crippen LogP contribution in [0.2, 0.25) is 0 Å². The number of hydrogen-bond donors (Lipinski definition) is 1. The summed E-state index contributed by atoms with van der Waals surface area (Å²) in [6, 6.07) is 0. The first-order chi connectivity index (χ1) is 8.13. The average Bonchev–Trinajstić information content (AvgIpc) is 2.25. The maximum atomic E-state index is 5.49. The zero-order valence-corrected chi connectivity index (χ0v) is 12.1. The fraction of sp³-hybridized carbons (Fsp3) is 1.00. The zero-order valence-electron chi connectivity index (χ0n) is 12.1. The van der Waals surface area contributed by atoms with E-state index in [0.717, 1.165) is 51.9 Å². The standard InChI is InChI=1S/C14H31NO2/c1-13(2)11-15-7-5-6-8-16-9-10-17-12-14(3)4/h13-15H,5-12H2,1-4H3. The highest BCUT2D eigenvalue weighted by atomic mass is 16.5. The van der Waals surface area contributed by atoms with Gasteiger partial charge in [-0.1, -0.05) is 27.7 Å². The predicted molar refractivity (Wildman–Crippen MR) is 73.4 cm³/mol. The van der Waals surface area contributed by atoms with Gasteiger partial charge in [0.05, 0.1) is 13.2 Å². The Labute approximate surface area is 107 Å². The van der Waals surface area contributed by atoms with Crippen LogP contribution in [0.5, 0.6) is 0 Å². The summed E-state index contributed by atoms with van der Waals surface area (Å²) in [5.41, 5.74) is 0. The van der Waals surface area contributed by atoms with Crippen LogP contribution in [0.25, 0.3) is 0 Å². The van der Waals surface area contributed by atoms with Crippen molar-refractivity contribution in [3.63, 3.8) is 0 Å². The van der Waals surface area contributed by atoms with Gasteiger partial charge in [0.15, 0.2) is 0 Å². The third kappa shape index (κ3) is 15.9. The maximum absolute atomic E-state index is 5.49. The summed E-state index contributed by atoms with van der Waals surface area (Å²) in [5.74, 6) is 1.35. The lowest BCUT2D eigenvalue weighted by Gasteiger charge is -2.08. The van der Waals surface area contributed by atoms with Crippen LogP contribution in [0.4, 0.5) is 0 Å². The van der Waals surface area contributed by atoms with Gasteiger partial charge in [-0.2, -0.15) is 0 Å². The summed E-state index contributed by atoms with van der Waals surface area (Å²) in [7, 11) is 0. The first kappa shape index (κ1) is 16.9. The number of hydrogen-bond acceptors (Lipinski definition) is 3. The average molecular weight is 245 g/mol. The van der Waals surface area contributed by atoms with Gasteiger partial charge in [0.2, 0.25) is 0 Å². The van der Waals surface area contributed by atoms with E-state index in [1.54, 1.807) is 0 Å². The number of unbranched alkanes of at least 4 members (excludes halogenated alkanes) is 1. The Morgan fingerprint density at radius 2 is 1.53 bits per heavy atom. The molecule has 0 aliphatic carbocycles. The van der Waals surface area contributed by atoms with E-state index < -0.39 is 0 Å². The molecule has 0 fully saturated rings. The topological polar surface area (TPSA) is 30.5 Å². The molecule has 0 aliphatic heterocycles. The smallest absolute Gasteiger partial charge is 0.0700 e. The lowest BCUT2D eigenvalue weighted by Crippen LogP contribution is -2.21. The molecule has 0 bridgehead atoms. The summed E-state index contributed by atoms with van der Waals surface area (Å²) in [6.07, 6.45) is 2.33. The van der Waals surface area contributed by atoms with Gasteiger partial charge in [-0.25, -0.2) is 0 Å². The Kier molecular flexibility index (Phi) is 12.3. The fourth-order valence-electron chi connectivity index (χ4n) is 1.38. The van der Waals surface area contributed by atoms with Crippen molar-refractivity contribution < 1.29 is 9.47 Å². The van der Waals surface area contributed by atoms with E-state index in [9.17, 15) is 0 Å². The Bertz CT molecular complexity index is 133. The lowest BCUT2D eigenvalue weighted by molar-refractivity contribution is 0.0367. The number of ether oxygens (including phenoxy) is 2. The summed E-state index contributed by atoms with van der Waals surface area (Å²) in [5, 5.41) is 3.43. The van der Waals surface area contributed by atoms with Gasteiger partial charge in [0, 0.05) is 13.2 Å². The van der Waals surface area contributed by atoms with E-state index in [2.05, 4.69) is 33.0 Å². The van der Waals surface area contributed by atoms with Gasteiger partial charge in [-0.3, -0.25) is 0 Å². The van der Waals surface area contributed by atoms with E-state index in [1.165, 1.54) is 6.42 Å². The first-order valence-corrected chi connectivity index (χ1v) is 6.99. The van der Waals surface area contributed by atoms with Crippen LogP contribution in [-0.2, 0) is 9.47 Å². The van der Waals surface area contributed by atoms with Crippen molar-refractivity contribution in [1.29, 1.82) is 0 Å². The minimum atomic E-state index is 0.613. The molecule has 17 heavy (non-hydrogen) atoms. The van der Waals surface area contributed by atoms with Gasteiger partial charge in [-0.05, 0) is 37.8 Å². The zero-order chi connectivity index (χ0) is 12.9. The molecule has 0 spiro atoms. The highest BCUT2D eigenvalue weighted by Crippen LogP contribution is 1.93. The molecule has 0 saturated carbocycles. The monoisotopic (exact) mass is 245 g/mol. The second-order valence-corrected chi connectivity index (χ2v) is 5.39. The largest absolute Gasteiger partial charge is 0.379 e. The molecule has 0 radical (unpaired) electrons. The summed E-state index contributed by atoms with van der Waals surface area (Å²) in [4.78, 5) is 0. The van der Waals surface area contributed by atoms with Crippen molar-refractivity contribution in [2.45, 2.75) is 40.5 Å². The van der Waals surface area contributed by atoms with Crippen molar-refractivity contribution in [2.24, 2.45) is 11.8 Å². The van der Waals surface area contributed by atoms with Gasteiger partial charge < -0.3 is 14.8 Å². The lowest BCUT2D eigenvalue weighted by atomic mass is 10.2. The van der Waals surface area contributed by atoms with Gasteiger partial charge in [-0.15, -0.1) is 0 Å². The normalized spacial score (nSPS) is 11.6. The molecule has 0 saturated heterocycles. The summed E-state index contributed by atoms with van der Waals surface area (Å²) >= 11 is 0. The Balaban J connectivity index is 2.94. The van der Waals surface area contributed by atoms with E-state index >= 15 is 0 Å². The third-order valence-corrected chi connectivity index (χ3v) is 2.27. The molecule has 0 rings (SSSR count). The number of nitrogens with one attached hydrogen (secondary N) is 1. The second-order valence-electron chi connectivity index (χ2n) is 5.39. The van der Waals surface area contributed by atoms with Crippen molar-refractivity contribution >= 4 is 0 Å². The molecule has 0 aliphatic rings. The molecule has 0 atom stereocenters. The van der Waals surface area contributed by atoms with Crippen molar-refractivity contribution in [2.75, 3.05) is 39.5 Å². The maximum Gasteiger partial charge on any atom is 0.0700 e. The van der Waals surface area contributed by atoms with E-state index in [1.807, 2.05) is 0 Å². The van der Waals surface area contributed by atoms with E-state index in [0.29, 0.717) is 5.92 Å². The first-order valence-electron chi connectivity index (χ1n) is 6.99. The van der Waals surface area contributed by atoms with Crippen LogP contribution in [-0.4, -0.2) is 39.5 Å². The molecular formula is C14H31NO2. The fourth-order valence-corrected chi connectivity index (χ4v) is 1.38. The molecule has 0 aromatic heterocycles. The highest BCUT2D eigenvalue weighted by Gasteiger charge is 1.95. The summed E-state index contributed by atoms with van der Waals surface area (Å²) < 4.78 is 10.9. The highest BCUT2D eigenvalue weighted by molar-refractivity contribution is 4.51. The quantitative estimate of drug-likeness (QED) is 0.536.